The third kappa shape index (κ3) is 0.947. The van der Waals surface area contributed by atoms with Gasteiger partial charge in [0.05, 0.1) is 6.61 Å². The van der Waals surface area contributed by atoms with Crippen molar-refractivity contribution >= 4 is 0 Å². The van der Waals surface area contributed by atoms with Gasteiger partial charge in [0.15, 0.2) is 0 Å². The van der Waals surface area contributed by atoms with Crippen molar-refractivity contribution in [3.05, 3.63) is 11.6 Å². The second kappa shape index (κ2) is 2.57. The van der Waals surface area contributed by atoms with Crippen LogP contribution in [0.5, 0.6) is 0 Å². The minimum absolute atomic E-state index is 0.160. The molecule has 0 bridgehead atoms. The quantitative estimate of drug-likeness (QED) is 0.602. The largest absolute Gasteiger partial charge is 0.396 e. The Morgan fingerprint density at radius 3 is 2.83 bits per heavy atom. The maximum atomic E-state index is 9.17. The third-order valence-corrected chi connectivity index (χ3v) is 3.76. The van der Waals surface area contributed by atoms with Gasteiger partial charge in [-0.2, -0.15) is 0 Å². The van der Waals surface area contributed by atoms with Crippen LogP contribution in [0.15, 0.2) is 11.6 Å². The second-order valence-electron chi connectivity index (χ2n) is 4.34. The van der Waals surface area contributed by atoms with Gasteiger partial charge in [0.25, 0.3) is 0 Å². The van der Waals surface area contributed by atoms with E-state index in [4.69, 9.17) is 10.2 Å². The van der Waals surface area contributed by atoms with E-state index in [0.717, 1.165) is 18.4 Å². The van der Waals surface area contributed by atoms with Crippen molar-refractivity contribution in [2.24, 2.45) is 17.3 Å². The highest BCUT2D eigenvalue weighted by atomic mass is 16.3. The Bertz CT molecular complexity index is 222. The van der Waals surface area contributed by atoms with E-state index in [2.05, 4.69) is 13.0 Å². The Morgan fingerprint density at radius 1 is 1.50 bits per heavy atom. The summed E-state index contributed by atoms with van der Waals surface area (Å²) in [7, 11) is 0. The minimum atomic E-state index is 0.160. The summed E-state index contributed by atoms with van der Waals surface area (Å²) in [5, 5.41) is 18.1. The number of allylic oxidation sites excluding steroid dienone is 1. The van der Waals surface area contributed by atoms with Crippen molar-refractivity contribution in [3.8, 4) is 0 Å². The van der Waals surface area contributed by atoms with Crippen molar-refractivity contribution in [1.29, 1.82) is 0 Å². The van der Waals surface area contributed by atoms with Gasteiger partial charge >= 0.3 is 0 Å². The van der Waals surface area contributed by atoms with Crippen LogP contribution in [-0.2, 0) is 0 Å². The summed E-state index contributed by atoms with van der Waals surface area (Å²) >= 11 is 0. The van der Waals surface area contributed by atoms with Crippen LogP contribution in [0, 0.1) is 17.3 Å². The molecule has 0 amide bonds. The van der Waals surface area contributed by atoms with Gasteiger partial charge in [-0.05, 0) is 35.7 Å². The van der Waals surface area contributed by atoms with Crippen LogP contribution in [0.2, 0.25) is 0 Å². The molecule has 0 radical (unpaired) electrons. The smallest absolute Gasteiger partial charge is 0.0641 e. The average Bonchev–Trinajstić information content (AvgIpc) is 2.73. The summed E-state index contributed by atoms with van der Waals surface area (Å²) in [6.45, 7) is 2.65. The second-order valence-corrected chi connectivity index (χ2v) is 4.34. The lowest BCUT2D eigenvalue weighted by Gasteiger charge is -2.08. The maximum Gasteiger partial charge on any atom is 0.0641 e. The molecule has 3 atom stereocenters. The Balaban J connectivity index is 2.04. The number of fused-ring (bicyclic) bond motifs is 1. The molecular formula is C10H16O2. The average molecular weight is 168 g/mol. The Labute approximate surface area is 72.9 Å². The Morgan fingerprint density at radius 2 is 2.25 bits per heavy atom. The molecule has 2 aliphatic rings. The van der Waals surface area contributed by atoms with E-state index in [9.17, 15) is 0 Å². The lowest BCUT2D eigenvalue weighted by Crippen LogP contribution is -2.05. The fourth-order valence-corrected chi connectivity index (χ4v) is 2.60. The van der Waals surface area contributed by atoms with Crippen LogP contribution in [0.4, 0.5) is 0 Å². The molecule has 0 aliphatic heterocycles. The van der Waals surface area contributed by atoms with Crippen LogP contribution >= 0.6 is 0 Å². The zero-order valence-corrected chi connectivity index (χ0v) is 7.45. The maximum absolute atomic E-state index is 9.17. The van der Waals surface area contributed by atoms with E-state index in [-0.39, 0.29) is 12.0 Å². The zero-order chi connectivity index (χ0) is 8.77. The highest BCUT2D eigenvalue weighted by Gasteiger charge is 2.60. The molecule has 68 valence electrons. The van der Waals surface area contributed by atoms with Crippen LogP contribution in [0.1, 0.15) is 19.8 Å². The number of hydrogen-bond donors (Lipinski definition) is 2. The van der Waals surface area contributed by atoms with Crippen molar-refractivity contribution < 1.29 is 10.2 Å². The van der Waals surface area contributed by atoms with Gasteiger partial charge in [0.1, 0.15) is 0 Å². The third-order valence-electron chi connectivity index (χ3n) is 3.76. The van der Waals surface area contributed by atoms with Gasteiger partial charge in [0.2, 0.25) is 0 Å². The summed E-state index contributed by atoms with van der Waals surface area (Å²) in [4.78, 5) is 0. The first-order chi connectivity index (χ1) is 5.72. The van der Waals surface area contributed by atoms with E-state index in [1.54, 1.807) is 0 Å². The molecule has 0 unspecified atom stereocenters. The molecule has 2 heteroatoms. The van der Waals surface area contributed by atoms with Crippen molar-refractivity contribution in [1.82, 2.24) is 0 Å². The van der Waals surface area contributed by atoms with Gasteiger partial charge in [-0.1, -0.05) is 13.0 Å². The molecule has 1 fully saturated rings. The molecule has 2 nitrogen and oxygen atoms in total. The molecule has 0 aromatic rings. The molecule has 0 aromatic heterocycles. The highest BCUT2D eigenvalue weighted by molar-refractivity contribution is 5.21. The Hall–Kier alpha value is -0.340. The summed E-state index contributed by atoms with van der Waals surface area (Å²) in [6, 6.07) is 0. The molecule has 12 heavy (non-hydrogen) atoms. The summed E-state index contributed by atoms with van der Waals surface area (Å²) in [5.74, 6) is 1.31. The van der Waals surface area contributed by atoms with Crippen LogP contribution in [0.25, 0.3) is 0 Å². The zero-order valence-electron chi connectivity index (χ0n) is 7.45. The number of rotatable bonds is 2. The topological polar surface area (TPSA) is 40.5 Å². The lowest BCUT2D eigenvalue weighted by molar-refractivity contribution is 0.203. The van der Waals surface area contributed by atoms with Crippen LogP contribution in [-0.4, -0.2) is 23.4 Å². The summed E-state index contributed by atoms with van der Waals surface area (Å²) in [6.07, 6.45) is 4.19. The van der Waals surface area contributed by atoms with E-state index in [1.165, 1.54) is 0 Å². The van der Waals surface area contributed by atoms with Crippen molar-refractivity contribution in [3.63, 3.8) is 0 Å². The van der Waals surface area contributed by atoms with E-state index < -0.39 is 0 Å². The van der Waals surface area contributed by atoms with Gasteiger partial charge in [0, 0.05) is 6.61 Å². The normalized spacial score (nSPS) is 45.1. The SMILES string of the molecule is C[C@]1(CO)[C@@H]2CC=C(CO)C[C@@H]21. The lowest BCUT2D eigenvalue weighted by atomic mass is 10.0. The van der Waals surface area contributed by atoms with Crippen molar-refractivity contribution in [2.45, 2.75) is 19.8 Å². The van der Waals surface area contributed by atoms with Crippen LogP contribution < -0.4 is 0 Å². The van der Waals surface area contributed by atoms with Gasteiger partial charge in [-0.3, -0.25) is 0 Å². The standard InChI is InChI=1S/C10H16O2/c1-10(6-12)8-3-2-7(5-11)4-9(8)10/h2,8-9,11-12H,3-6H2,1H3/t8-,9+,10+/m1/s1. The first-order valence-electron chi connectivity index (χ1n) is 4.62. The first-order valence-corrected chi connectivity index (χ1v) is 4.62. The molecule has 0 saturated heterocycles. The molecular weight excluding hydrogens is 152 g/mol. The molecule has 2 rings (SSSR count). The van der Waals surface area contributed by atoms with Crippen molar-refractivity contribution in [2.75, 3.05) is 13.2 Å². The number of aliphatic hydroxyl groups excluding tert-OH is 2. The Kier molecular flexibility index (Phi) is 1.77. The van der Waals surface area contributed by atoms with Crippen LogP contribution in [0.3, 0.4) is 0 Å². The predicted molar refractivity (Wildman–Crippen MR) is 46.6 cm³/mol. The van der Waals surface area contributed by atoms with E-state index in [0.29, 0.717) is 18.4 Å². The molecule has 0 spiro atoms. The van der Waals surface area contributed by atoms with Gasteiger partial charge in [-0.25, -0.2) is 0 Å². The van der Waals surface area contributed by atoms with E-state index >= 15 is 0 Å². The highest BCUT2D eigenvalue weighted by Crippen LogP contribution is 2.64. The van der Waals surface area contributed by atoms with Gasteiger partial charge < -0.3 is 10.2 Å². The summed E-state index contributed by atoms with van der Waals surface area (Å²) in [5.41, 5.74) is 1.32. The molecule has 0 heterocycles. The minimum Gasteiger partial charge on any atom is -0.396 e. The first kappa shape index (κ1) is 8.27. The molecule has 2 N–H and O–H groups in total. The number of hydrogen-bond acceptors (Lipinski definition) is 2. The monoisotopic (exact) mass is 168 g/mol. The molecule has 2 aliphatic carbocycles. The fraction of sp³-hybridized carbons (Fsp3) is 0.800. The van der Waals surface area contributed by atoms with E-state index in [1.807, 2.05) is 0 Å². The van der Waals surface area contributed by atoms with Gasteiger partial charge in [-0.15, -0.1) is 0 Å². The fourth-order valence-electron chi connectivity index (χ4n) is 2.60. The molecule has 1 saturated carbocycles. The predicted octanol–water partition coefficient (Wildman–Crippen LogP) is 0.944. The summed E-state index contributed by atoms with van der Waals surface area (Å²) < 4.78 is 0. The number of aliphatic hydroxyl groups is 2. The molecule has 0 aromatic carbocycles.